The second-order valence-electron chi connectivity index (χ2n) is 3.20. The van der Waals surface area contributed by atoms with E-state index in [0.29, 0.717) is 5.69 Å². The Balaban J connectivity index is 2.49. The lowest BCUT2D eigenvalue weighted by molar-refractivity contribution is -0.137. The van der Waals surface area contributed by atoms with Crippen molar-refractivity contribution in [3.63, 3.8) is 0 Å². The van der Waals surface area contributed by atoms with Crippen LogP contribution in [0.4, 0.5) is 19.1 Å². The summed E-state index contributed by atoms with van der Waals surface area (Å²) >= 11 is 0. The molecule has 0 fully saturated rings. The van der Waals surface area contributed by atoms with Crippen LogP contribution in [0.2, 0.25) is 0 Å². The van der Waals surface area contributed by atoms with Crippen LogP contribution in [-0.4, -0.2) is 9.55 Å². The van der Waals surface area contributed by atoms with Gasteiger partial charge < -0.3 is 5.73 Å². The molecule has 2 N–H and O–H groups in total. The Hall–Kier alpha value is -1.98. The fraction of sp³-hybridized carbons (Fsp3) is 0.100. The van der Waals surface area contributed by atoms with E-state index in [2.05, 4.69) is 4.98 Å². The van der Waals surface area contributed by atoms with E-state index in [9.17, 15) is 13.2 Å². The number of alkyl halides is 3. The molecule has 0 aliphatic carbocycles. The molecule has 0 radical (unpaired) electrons. The lowest BCUT2D eigenvalue weighted by Crippen LogP contribution is -2.06. The van der Waals surface area contributed by atoms with E-state index in [1.54, 1.807) is 0 Å². The van der Waals surface area contributed by atoms with E-state index in [0.717, 1.165) is 12.1 Å². The van der Waals surface area contributed by atoms with Gasteiger partial charge >= 0.3 is 6.18 Å². The number of nitrogens with two attached hydrogens (primary N) is 1. The third kappa shape index (κ3) is 1.86. The van der Waals surface area contributed by atoms with E-state index >= 15 is 0 Å². The van der Waals surface area contributed by atoms with Crippen molar-refractivity contribution in [1.82, 2.24) is 9.55 Å². The van der Waals surface area contributed by atoms with Gasteiger partial charge in [0.2, 0.25) is 5.95 Å². The second-order valence-corrected chi connectivity index (χ2v) is 3.20. The van der Waals surface area contributed by atoms with Gasteiger partial charge in [-0.3, -0.25) is 4.57 Å². The molecule has 0 bridgehead atoms. The van der Waals surface area contributed by atoms with Gasteiger partial charge in [-0.25, -0.2) is 4.98 Å². The molecule has 84 valence electrons. The minimum Gasteiger partial charge on any atom is -0.369 e. The maximum atomic E-state index is 12.5. The smallest absolute Gasteiger partial charge is 0.369 e. The summed E-state index contributed by atoms with van der Waals surface area (Å²) in [6.45, 7) is 0. The number of halogens is 3. The molecular formula is C10H8F3N3. The van der Waals surface area contributed by atoms with E-state index in [1.165, 1.54) is 29.1 Å². The summed E-state index contributed by atoms with van der Waals surface area (Å²) in [5, 5.41) is 0. The Morgan fingerprint density at radius 1 is 1.25 bits per heavy atom. The highest BCUT2D eigenvalue weighted by atomic mass is 19.4. The zero-order chi connectivity index (χ0) is 11.8. The van der Waals surface area contributed by atoms with Gasteiger partial charge in [0.25, 0.3) is 0 Å². The molecule has 1 heterocycles. The third-order valence-electron chi connectivity index (χ3n) is 2.12. The molecule has 1 aromatic heterocycles. The van der Waals surface area contributed by atoms with Crippen LogP contribution in [0.25, 0.3) is 5.69 Å². The Kier molecular flexibility index (Phi) is 2.34. The second kappa shape index (κ2) is 3.55. The SMILES string of the molecule is Nc1nccn1-c1cccc(C(F)(F)F)c1. The van der Waals surface area contributed by atoms with E-state index in [4.69, 9.17) is 5.73 Å². The summed E-state index contributed by atoms with van der Waals surface area (Å²) in [6, 6.07) is 4.90. The van der Waals surface area contributed by atoms with Gasteiger partial charge in [0.15, 0.2) is 0 Å². The van der Waals surface area contributed by atoms with E-state index < -0.39 is 11.7 Å². The zero-order valence-electron chi connectivity index (χ0n) is 8.07. The predicted molar refractivity (Wildman–Crippen MR) is 53.0 cm³/mol. The van der Waals surface area contributed by atoms with Crippen LogP contribution in [0.5, 0.6) is 0 Å². The Morgan fingerprint density at radius 2 is 2.00 bits per heavy atom. The van der Waals surface area contributed by atoms with Crippen LogP contribution in [-0.2, 0) is 6.18 Å². The van der Waals surface area contributed by atoms with E-state index in [1.807, 2.05) is 0 Å². The van der Waals surface area contributed by atoms with Crippen LogP contribution in [0, 0.1) is 0 Å². The van der Waals surface area contributed by atoms with Crippen LogP contribution in [0.3, 0.4) is 0 Å². The van der Waals surface area contributed by atoms with Crippen molar-refractivity contribution in [3.8, 4) is 5.69 Å². The summed E-state index contributed by atoms with van der Waals surface area (Å²) in [5.74, 6) is 0.152. The fourth-order valence-electron chi connectivity index (χ4n) is 1.37. The van der Waals surface area contributed by atoms with Crippen LogP contribution in [0.15, 0.2) is 36.7 Å². The zero-order valence-corrected chi connectivity index (χ0v) is 8.07. The maximum absolute atomic E-state index is 12.5. The van der Waals surface area contributed by atoms with Crippen LogP contribution in [0.1, 0.15) is 5.56 Å². The average Bonchev–Trinajstić information content (AvgIpc) is 2.63. The molecular weight excluding hydrogens is 219 g/mol. The van der Waals surface area contributed by atoms with Gasteiger partial charge in [-0.15, -0.1) is 0 Å². The Bertz CT molecular complexity index is 502. The summed E-state index contributed by atoms with van der Waals surface area (Å²) < 4.78 is 38.7. The summed E-state index contributed by atoms with van der Waals surface area (Å²) in [5.41, 5.74) is 5.13. The molecule has 2 aromatic rings. The highest BCUT2D eigenvalue weighted by Crippen LogP contribution is 2.30. The quantitative estimate of drug-likeness (QED) is 0.813. The van der Waals surface area contributed by atoms with Crippen LogP contribution < -0.4 is 5.73 Å². The number of hydrogen-bond donors (Lipinski definition) is 1. The first-order valence-electron chi connectivity index (χ1n) is 4.45. The molecule has 0 spiro atoms. The van der Waals surface area contributed by atoms with Gasteiger partial charge in [0.1, 0.15) is 0 Å². The number of nitrogens with zero attached hydrogens (tertiary/aromatic N) is 2. The van der Waals surface area contributed by atoms with Gasteiger partial charge in [-0.2, -0.15) is 13.2 Å². The van der Waals surface area contributed by atoms with Gasteiger partial charge in [-0.1, -0.05) is 6.07 Å². The molecule has 0 amide bonds. The molecule has 0 saturated heterocycles. The standard InChI is InChI=1S/C10H8F3N3/c11-10(12,13)7-2-1-3-8(6-7)16-5-4-15-9(16)14/h1-6H,(H2,14,15). The van der Waals surface area contributed by atoms with Crippen molar-refractivity contribution in [2.45, 2.75) is 6.18 Å². The molecule has 0 saturated carbocycles. The number of anilines is 1. The lowest BCUT2D eigenvalue weighted by atomic mass is 10.2. The number of nitrogen functional groups attached to an aromatic ring is 1. The van der Waals surface area contributed by atoms with Gasteiger partial charge in [0, 0.05) is 18.1 Å². The molecule has 3 nitrogen and oxygen atoms in total. The highest BCUT2D eigenvalue weighted by molar-refractivity contribution is 5.42. The van der Waals surface area contributed by atoms with Crippen molar-refractivity contribution in [3.05, 3.63) is 42.2 Å². The van der Waals surface area contributed by atoms with Crippen molar-refractivity contribution in [2.75, 3.05) is 5.73 Å². The van der Waals surface area contributed by atoms with Crippen molar-refractivity contribution >= 4 is 5.95 Å². The normalized spacial score (nSPS) is 11.7. The number of aromatic nitrogens is 2. The van der Waals surface area contributed by atoms with Crippen molar-refractivity contribution in [2.24, 2.45) is 0 Å². The average molecular weight is 227 g/mol. The first-order chi connectivity index (χ1) is 7.48. The third-order valence-corrected chi connectivity index (χ3v) is 2.12. The summed E-state index contributed by atoms with van der Waals surface area (Å²) in [7, 11) is 0. The Morgan fingerprint density at radius 3 is 2.56 bits per heavy atom. The van der Waals surface area contributed by atoms with E-state index in [-0.39, 0.29) is 5.95 Å². The number of benzene rings is 1. The molecule has 0 aliphatic heterocycles. The first-order valence-corrected chi connectivity index (χ1v) is 4.45. The molecule has 0 unspecified atom stereocenters. The largest absolute Gasteiger partial charge is 0.416 e. The monoisotopic (exact) mass is 227 g/mol. The van der Waals surface area contributed by atoms with Crippen LogP contribution >= 0.6 is 0 Å². The molecule has 16 heavy (non-hydrogen) atoms. The lowest BCUT2D eigenvalue weighted by Gasteiger charge is -2.09. The maximum Gasteiger partial charge on any atom is 0.416 e. The Labute approximate surface area is 89.3 Å². The topological polar surface area (TPSA) is 43.8 Å². The number of imidazole rings is 1. The molecule has 6 heteroatoms. The molecule has 0 atom stereocenters. The molecule has 0 aliphatic rings. The summed E-state index contributed by atoms with van der Waals surface area (Å²) in [4.78, 5) is 3.74. The number of rotatable bonds is 1. The molecule has 2 rings (SSSR count). The van der Waals surface area contributed by atoms with Crippen molar-refractivity contribution < 1.29 is 13.2 Å². The minimum absolute atomic E-state index is 0.152. The molecule has 1 aromatic carbocycles. The fourth-order valence-corrected chi connectivity index (χ4v) is 1.37. The predicted octanol–water partition coefficient (Wildman–Crippen LogP) is 2.47. The number of hydrogen-bond acceptors (Lipinski definition) is 2. The van der Waals surface area contributed by atoms with Gasteiger partial charge in [0.05, 0.1) is 5.56 Å². The first kappa shape index (κ1) is 10.5. The van der Waals surface area contributed by atoms with Crippen molar-refractivity contribution in [1.29, 1.82) is 0 Å². The highest BCUT2D eigenvalue weighted by Gasteiger charge is 2.30. The summed E-state index contributed by atoms with van der Waals surface area (Å²) in [6.07, 6.45) is -1.42. The minimum atomic E-state index is -4.36. The van der Waals surface area contributed by atoms with Gasteiger partial charge in [-0.05, 0) is 18.2 Å².